The quantitative estimate of drug-likeness (QED) is 0.695. The van der Waals surface area contributed by atoms with E-state index in [9.17, 15) is 4.79 Å². The van der Waals surface area contributed by atoms with E-state index in [-0.39, 0.29) is 5.56 Å². The Kier molecular flexibility index (Phi) is 5.18. The van der Waals surface area contributed by atoms with E-state index in [1.54, 1.807) is 19.7 Å². The summed E-state index contributed by atoms with van der Waals surface area (Å²) in [6, 6.07) is 7.27. The second-order valence-electron chi connectivity index (χ2n) is 5.46. The van der Waals surface area contributed by atoms with Gasteiger partial charge in [0.15, 0.2) is 0 Å². The number of hydrogen-bond acceptors (Lipinski definition) is 6. The summed E-state index contributed by atoms with van der Waals surface area (Å²) in [6.45, 7) is 8.64. The summed E-state index contributed by atoms with van der Waals surface area (Å²) >= 11 is 1.34. The Hall–Kier alpha value is -2.93. The van der Waals surface area contributed by atoms with E-state index in [4.69, 9.17) is 4.74 Å². The minimum Gasteiger partial charge on any atom is -0.497 e. The molecule has 3 rings (SSSR count). The molecule has 0 saturated carbocycles. The van der Waals surface area contributed by atoms with Crippen LogP contribution in [0, 0.1) is 0 Å². The van der Waals surface area contributed by atoms with Gasteiger partial charge in [0, 0.05) is 17.3 Å². The topological polar surface area (TPSA) is 68.5 Å². The van der Waals surface area contributed by atoms with Crippen LogP contribution in [0.5, 0.6) is 5.75 Å². The Morgan fingerprint density at radius 3 is 2.77 bits per heavy atom. The van der Waals surface area contributed by atoms with Crippen LogP contribution in [0.1, 0.15) is 13.8 Å². The normalized spacial score (nSPS) is 12.6. The van der Waals surface area contributed by atoms with Gasteiger partial charge in [0.2, 0.25) is 0 Å². The highest BCUT2D eigenvalue weighted by Gasteiger charge is 2.12. The van der Waals surface area contributed by atoms with E-state index in [0.29, 0.717) is 22.6 Å². The highest BCUT2D eigenvalue weighted by atomic mass is 32.1. The average Bonchev–Trinajstić information content (AvgIpc) is 2.99. The van der Waals surface area contributed by atoms with Crippen molar-refractivity contribution >= 4 is 40.2 Å². The van der Waals surface area contributed by atoms with Gasteiger partial charge in [-0.15, -0.1) is 11.3 Å². The number of rotatable bonds is 5. The fourth-order valence-electron chi connectivity index (χ4n) is 2.68. The molecule has 7 heteroatoms. The van der Waals surface area contributed by atoms with Crippen LogP contribution in [0.3, 0.4) is 0 Å². The van der Waals surface area contributed by atoms with Crippen molar-refractivity contribution < 1.29 is 4.74 Å². The summed E-state index contributed by atoms with van der Waals surface area (Å²) in [5.41, 5.74) is 1.22. The van der Waals surface area contributed by atoms with Gasteiger partial charge in [-0.2, -0.15) is 0 Å². The standard InChI is InChI=1S/C19H20N4O2S/c1-5-20-18(21-6-2)15-12(3)26-17-16(15)22-11-23(19(17)24)13-7-9-14(25-4)10-8-13/h5,7-11,21H,3,6H2,1-2,4H3/b18-15-,20-5-. The van der Waals surface area contributed by atoms with Gasteiger partial charge in [-0.3, -0.25) is 9.36 Å². The van der Waals surface area contributed by atoms with Gasteiger partial charge in [-0.05, 0) is 38.1 Å². The molecule has 1 N–H and O–H groups in total. The molecule has 0 saturated heterocycles. The highest BCUT2D eigenvalue weighted by molar-refractivity contribution is 7.16. The fourth-order valence-corrected chi connectivity index (χ4v) is 3.66. The predicted octanol–water partition coefficient (Wildman–Crippen LogP) is 1.63. The van der Waals surface area contributed by atoms with Crippen molar-refractivity contribution in [2.45, 2.75) is 13.8 Å². The summed E-state index contributed by atoms with van der Waals surface area (Å²) in [6.07, 6.45) is 3.25. The lowest BCUT2D eigenvalue weighted by atomic mass is 10.3. The molecule has 1 aromatic carbocycles. The number of nitrogens with zero attached hydrogens (tertiary/aromatic N) is 3. The summed E-state index contributed by atoms with van der Waals surface area (Å²) < 4.78 is 8.01. The summed E-state index contributed by atoms with van der Waals surface area (Å²) in [7, 11) is 1.61. The van der Waals surface area contributed by atoms with Gasteiger partial charge in [-0.1, -0.05) is 6.58 Å². The minimum absolute atomic E-state index is 0.127. The van der Waals surface area contributed by atoms with Crippen LogP contribution in [0.4, 0.5) is 0 Å². The monoisotopic (exact) mass is 368 g/mol. The third-order valence-corrected chi connectivity index (χ3v) is 4.88. The van der Waals surface area contributed by atoms with Crippen molar-refractivity contribution in [1.29, 1.82) is 0 Å². The van der Waals surface area contributed by atoms with E-state index in [2.05, 4.69) is 21.9 Å². The molecule has 0 unspecified atom stereocenters. The lowest BCUT2D eigenvalue weighted by molar-refractivity contribution is 0.414. The number of thiophene rings is 1. The molecule has 2 heterocycles. The molecule has 134 valence electrons. The number of aromatic nitrogens is 2. The van der Waals surface area contributed by atoms with Gasteiger partial charge >= 0.3 is 0 Å². The van der Waals surface area contributed by atoms with E-state index >= 15 is 0 Å². The van der Waals surface area contributed by atoms with E-state index in [1.165, 1.54) is 15.9 Å². The van der Waals surface area contributed by atoms with Gasteiger partial charge in [0.25, 0.3) is 5.56 Å². The van der Waals surface area contributed by atoms with Crippen LogP contribution in [0.25, 0.3) is 28.3 Å². The van der Waals surface area contributed by atoms with E-state index < -0.39 is 0 Å². The predicted molar refractivity (Wildman–Crippen MR) is 108 cm³/mol. The number of ether oxygens (including phenoxy) is 1. The van der Waals surface area contributed by atoms with Gasteiger partial charge < -0.3 is 10.1 Å². The highest BCUT2D eigenvalue weighted by Crippen LogP contribution is 2.14. The fraction of sp³-hybridized carbons (Fsp3) is 0.211. The minimum atomic E-state index is -0.127. The molecule has 0 aliphatic rings. The Balaban J connectivity index is 2.28. The van der Waals surface area contributed by atoms with Crippen LogP contribution in [0.15, 0.2) is 40.4 Å². The third-order valence-electron chi connectivity index (χ3n) is 3.86. The zero-order valence-electron chi connectivity index (χ0n) is 14.9. The number of nitrogens with one attached hydrogen (secondary N) is 1. The summed E-state index contributed by atoms with van der Waals surface area (Å²) in [5.74, 6) is 1.41. The zero-order valence-corrected chi connectivity index (χ0v) is 15.8. The van der Waals surface area contributed by atoms with Crippen molar-refractivity contribution in [3.05, 3.63) is 50.7 Å². The number of fused-ring (bicyclic) bond motifs is 1. The van der Waals surface area contributed by atoms with Gasteiger partial charge in [0.05, 0.1) is 23.5 Å². The van der Waals surface area contributed by atoms with E-state index in [0.717, 1.165) is 21.2 Å². The number of methoxy groups -OCH3 is 1. The largest absolute Gasteiger partial charge is 0.497 e. The van der Waals surface area contributed by atoms with Gasteiger partial charge in [0.1, 0.15) is 22.6 Å². The molecule has 3 aromatic rings. The number of hydrogen-bond donors (Lipinski definition) is 1. The van der Waals surface area contributed by atoms with Crippen molar-refractivity contribution in [3.8, 4) is 11.4 Å². The van der Waals surface area contributed by atoms with Crippen LogP contribution in [0.2, 0.25) is 0 Å². The lowest BCUT2D eigenvalue weighted by Gasteiger charge is -2.06. The zero-order chi connectivity index (χ0) is 18.7. The lowest BCUT2D eigenvalue weighted by Crippen LogP contribution is -2.28. The molecule has 0 bridgehead atoms. The second-order valence-corrected chi connectivity index (χ2v) is 6.57. The first-order valence-corrected chi connectivity index (χ1v) is 9.02. The number of aliphatic imine (C=N–C) groups is 1. The summed E-state index contributed by atoms with van der Waals surface area (Å²) in [4.78, 5) is 21.9. The molecular formula is C19H20N4O2S. The third kappa shape index (κ3) is 3.13. The van der Waals surface area contributed by atoms with Crippen LogP contribution >= 0.6 is 11.3 Å². The first-order chi connectivity index (χ1) is 12.6. The van der Waals surface area contributed by atoms with Crippen LogP contribution in [-0.4, -0.2) is 29.4 Å². The first kappa shape index (κ1) is 17.9. The van der Waals surface area contributed by atoms with Crippen LogP contribution < -0.4 is 25.4 Å². The molecule has 0 radical (unpaired) electrons. The first-order valence-electron chi connectivity index (χ1n) is 8.21. The SMILES string of the molecule is C=c1sc2c(=O)n(-c3ccc(OC)cc3)cnc2/c1=C(/N=C\C)NCC. The molecular weight excluding hydrogens is 348 g/mol. The molecule has 0 aliphatic carbocycles. The summed E-state index contributed by atoms with van der Waals surface area (Å²) in [5, 5.41) is 4.00. The second kappa shape index (κ2) is 7.53. The maximum absolute atomic E-state index is 13.0. The Morgan fingerprint density at radius 1 is 1.42 bits per heavy atom. The van der Waals surface area contributed by atoms with Crippen molar-refractivity contribution in [2.24, 2.45) is 4.99 Å². The molecule has 26 heavy (non-hydrogen) atoms. The molecule has 0 spiro atoms. The molecule has 0 aliphatic heterocycles. The maximum Gasteiger partial charge on any atom is 0.275 e. The maximum atomic E-state index is 13.0. The molecule has 0 atom stereocenters. The number of benzene rings is 1. The smallest absolute Gasteiger partial charge is 0.275 e. The van der Waals surface area contributed by atoms with Crippen molar-refractivity contribution in [3.63, 3.8) is 0 Å². The van der Waals surface area contributed by atoms with E-state index in [1.807, 2.05) is 38.1 Å². The van der Waals surface area contributed by atoms with Gasteiger partial charge in [-0.25, -0.2) is 9.98 Å². The molecule has 0 fully saturated rings. The molecule has 6 nitrogen and oxygen atoms in total. The molecule has 2 aromatic heterocycles. The Labute approximate surface area is 154 Å². The Morgan fingerprint density at radius 2 is 2.15 bits per heavy atom. The van der Waals surface area contributed by atoms with Crippen molar-refractivity contribution in [1.82, 2.24) is 14.9 Å². The van der Waals surface area contributed by atoms with Crippen LogP contribution in [-0.2, 0) is 0 Å². The van der Waals surface area contributed by atoms with Crippen molar-refractivity contribution in [2.75, 3.05) is 13.7 Å². The average molecular weight is 368 g/mol. The Bertz CT molecular complexity index is 1130. The molecule has 0 amide bonds.